The summed E-state index contributed by atoms with van der Waals surface area (Å²) in [5.74, 6) is -0.323. The summed E-state index contributed by atoms with van der Waals surface area (Å²) < 4.78 is 26.7. The summed E-state index contributed by atoms with van der Waals surface area (Å²) in [5.41, 5.74) is 0. The molecule has 0 amide bonds. The normalized spacial score (nSPS) is 22.4. The molecular weight excluding hydrogens is 203 g/mol. The van der Waals surface area contributed by atoms with Gasteiger partial charge in [0.2, 0.25) is 0 Å². The molecule has 1 aromatic carbocycles. The molecule has 1 aliphatic rings. The van der Waals surface area contributed by atoms with Crippen LogP contribution < -0.4 is 4.52 Å². The first-order valence-electron chi connectivity index (χ1n) is 4.25. The van der Waals surface area contributed by atoms with Crippen LogP contribution in [0.25, 0.3) is 0 Å². The molecule has 1 saturated heterocycles. The first kappa shape index (κ1) is 9.71. The number of phosphoric acid groups is 1. The smallest absolute Gasteiger partial charge is 0.404 e. The maximum Gasteiger partial charge on any atom is 0.535 e. The molecule has 0 saturated carbocycles. The van der Waals surface area contributed by atoms with Crippen LogP contribution in [-0.4, -0.2) is 5.79 Å². The van der Waals surface area contributed by atoms with E-state index in [-0.39, 0.29) is 0 Å². The highest BCUT2D eigenvalue weighted by Crippen LogP contribution is 2.64. The van der Waals surface area contributed by atoms with E-state index < -0.39 is 13.6 Å². The van der Waals surface area contributed by atoms with Crippen LogP contribution in [0.1, 0.15) is 13.8 Å². The van der Waals surface area contributed by atoms with E-state index in [9.17, 15) is 4.57 Å². The number of para-hydroxylation sites is 1. The maximum absolute atomic E-state index is 11.6. The van der Waals surface area contributed by atoms with Crippen molar-refractivity contribution in [3.63, 3.8) is 0 Å². The van der Waals surface area contributed by atoms with Crippen LogP contribution >= 0.6 is 7.82 Å². The van der Waals surface area contributed by atoms with Crippen molar-refractivity contribution in [2.75, 3.05) is 0 Å². The molecule has 2 rings (SSSR count). The van der Waals surface area contributed by atoms with E-state index in [2.05, 4.69) is 0 Å². The minimum absolute atomic E-state index is 0.478. The van der Waals surface area contributed by atoms with Crippen molar-refractivity contribution in [1.29, 1.82) is 0 Å². The predicted molar refractivity (Wildman–Crippen MR) is 50.9 cm³/mol. The molecule has 1 aliphatic heterocycles. The summed E-state index contributed by atoms with van der Waals surface area (Å²) >= 11 is 0. The molecule has 0 aromatic heterocycles. The van der Waals surface area contributed by atoms with Crippen molar-refractivity contribution in [2.45, 2.75) is 19.6 Å². The van der Waals surface area contributed by atoms with E-state index in [4.69, 9.17) is 13.6 Å². The zero-order chi connectivity index (χ0) is 10.2. The van der Waals surface area contributed by atoms with Crippen LogP contribution in [0.3, 0.4) is 0 Å². The third kappa shape index (κ3) is 1.98. The quantitative estimate of drug-likeness (QED) is 0.710. The lowest BCUT2D eigenvalue weighted by Gasteiger charge is -2.39. The van der Waals surface area contributed by atoms with Gasteiger partial charge in [-0.05, 0) is 26.0 Å². The second kappa shape index (κ2) is 3.09. The molecule has 4 nitrogen and oxygen atoms in total. The summed E-state index contributed by atoms with van der Waals surface area (Å²) in [7, 11) is -3.34. The lowest BCUT2D eigenvalue weighted by molar-refractivity contribution is -0.187. The zero-order valence-electron chi connectivity index (χ0n) is 7.97. The minimum Gasteiger partial charge on any atom is -0.404 e. The average molecular weight is 214 g/mol. The lowest BCUT2D eigenvalue weighted by atomic mass is 10.3. The van der Waals surface area contributed by atoms with Gasteiger partial charge in [-0.1, -0.05) is 18.2 Å². The molecule has 0 bridgehead atoms. The topological polar surface area (TPSA) is 44.8 Å². The van der Waals surface area contributed by atoms with Crippen molar-refractivity contribution in [1.82, 2.24) is 0 Å². The fourth-order valence-corrected chi connectivity index (χ4v) is 2.74. The molecule has 1 aromatic rings. The van der Waals surface area contributed by atoms with Gasteiger partial charge in [0.05, 0.1) is 0 Å². The Hall–Kier alpha value is -0.830. The largest absolute Gasteiger partial charge is 0.535 e. The first-order chi connectivity index (χ1) is 6.49. The van der Waals surface area contributed by atoms with Gasteiger partial charge in [0.1, 0.15) is 5.75 Å². The van der Waals surface area contributed by atoms with E-state index in [0.717, 1.165) is 0 Å². The van der Waals surface area contributed by atoms with Crippen LogP contribution in [0.15, 0.2) is 30.3 Å². The summed E-state index contributed by atoms with van der Waals surface area (Å²) in [6.07, 6.45) is 0. The Balaban J connectivity index is 2.04. The molecular formula is C9H11O4P. The third-order valence-electron chi connectivity index (χ3n) is 1.62. The average Bonchev–Trinajstić information content (AvgIpc) is 2.01. The van der Waals surface area contributed by atoms with Gasteiger partial charge in [-0.25, -0.2) is 13.6 Å². The molecule has 14 heavy (non-hydrogen) atoms. The minimum atomic E-state index is -3.34. The SMILES string of the molecule is CC1(C)OP(=O)(Oc2ccccc2)O1. The zero-order valence-corrected chi connectivity index (χ0v) is 8.86. The number of hydrogen-bond donors (Lipinski definition) is 0. The van der Waals surface area contributed by atoms with Crippen molar-refractivity contribution in [3.8, 4) is 5.75 Å². The highest BCUT2D eigenvalue weighted by molar-refractivity contribution is 7.50. The van der Waals surface area contributed by atoms with Crippen molar-refractivity contribution in [3.05, 3.63) is 30.3 Å². The van der Waals surface area contributed by atoms with Crippen LogP contribution in [0, 0.1) is 0 Å². The Morgan fingerprint density at radius 2 is 1.79 bits per heavy atom. The van der Waals surface area contributed by atoms with E-state index in [1.807, 2.05) is 6.07 Å². The standard InChI is InChI=1S/C9H11O4P/c1-9(2)12-14(10,13-9)11-8-6-4-3-5-7-8/h3-7H,1-2H3. The molecule has 76 valence electrons. The Labute approximate surface area is 82.4 Å². The summed E-state index contributed by atoms with van der Waals surface area (Å²) in [6.45, 7) is 3.36. The van der Waals surface area contributed by atoms with Gasteiger partial charge < -0.3 is 4.52 Å². The fourth-order valence-electron chi connectivity index (χ4n) is 1.19. The second-order valence-electron chi connectivity index (χ2n) is 3.43. The monoisotopic (exact) mass is 214 g/mol. The van der Waals surface area contributed by atoms with E-state index >= 15 is 0 Å². The number of hydrogen-bond acceptors (Lipinski definition) is 4. The van der Waals surface area contributed by atoms with Gasteiger partial charge >= 0.3 is 7.82 Å². The van der Waals surface area contributed by atoms with Gasteiger partial charge in [0, 0.05) is 0 Å². The van der Waals surface area contributed by atoms with Gasteiger partial charge in [0.25, 0.3) is 0 Å². The van der Waals surface area contributed by atoms with E-state index in [1.165, 1.54) is 0 Å². The van der Waals surface area contributed by atoms with Crippen LogP contribution in [0.2, 0.25) is 0 Å². The second-order valence-corrected chi connectivity index (χ2v) is 4.88. The molecule has 0 N–H and O–H groups in total. The third-order valence-corrected chi connectivity index (χ3v) is 3.38. The molecule has 0 spiro atoms. The Morgan fingerprint density at radius 3 is 2.29 bits per heavy atom. The van der Waals surface area contributed by atoms with Gasteiger partial charge in [-0.15, -0.1) is 0 Å². The van der Waals surface area contributed by atoms with E-state index in [0.29, 0.717) is 5.75 Å². The Kier molecular flexibility index (Phi) is 2.14. The predicted octanol–water partition coefficient (Wildman–Crippen LogP) is 2.96. The molecule has 0 atom stereocenters. The Morgan fingerprint density at radius 1 is 1.21 bits per heavy atom. The maximum atomic E-state index is 11.6. The van der Waals surface area contributed by atoms with Gasteiger partial charge in [-0.3, -0.25) is 0 Å². The van der Waals surface area contributed by atoms with Crippen LogP contribution in [0.4, 0.5) is 0 Å². The summed E-state index contributed by atoms with van der Waals surface area (Å²) in [6, 6.07) is 8.80. The van der Waals surface area contributed by atoms with Gasteiger partial charge in [-0.2, -0.15) is 0 Å². The van der Waals surface area contributed by atoms with Gasteiger partial charge in [0.15, 0.2) is 5.79 Å². The van der Waals surface area contributed by atoms with Crippen LogP contribution in [0.5, 0.6) is 5.75 Å². The number of phosphoric ester groups is 1. The van der Waals surface area contributed by atoms with Crippen molar-refractivity contribution in [2.24, 2.45) is 0 Å². The number of benzene rings is 1. The first-order valence-corrected chi connectivity index (χ1v) is 5.71. The molecule has 1 heterocycles. The number of rotatable bonds is 2. The fraction of sp³-hybridized carbons (Fsp3) is 0.333. The summed E-state index contributed by atoms with van der Waals surface area (Å²) in [5, 5.41) is 0. The van der Waals surface area contributed by atoms with Crippen molar-refractivity contribution >= 4 is 7.82 Å². The highest BCUT2D eigenvalue weighted by Gasteiger charge is 2.52. The summed E-state index contributed by atoms with van der Waals surface area (Å²) in [4.78, 5) is 0. The molecule has 0 unspecified atom stereocenters. The Bertz CT molecular complexity index is 362. The molecule has 1 fully saturated rings. The highest BCUT2D eigenvalue weighted by atomic mass is 31.2. The molecule has 0 aliphatic carbocycles. The van der Waals surface area contributed by atoms with E-state index in [1.54, 1.807) is 38.1 Å². The lowest BCUT2D eigenvalue weighted by Crippen LogP contribution is -2.37. The van der Waals surface area contributed by atoms with Crippen LogP contribution in [-0.2, 0) is 13.6 Å². The van der Waals surface area contributed by atoms with Crippen molar-refractivity contribution < 1.29 is 18.1 Å². The molecule has 5 heteroatoms. The molecule has 0 radical (unpaired) electrons.